The Kier molecular flexibility index (Phi) is 7.35. The Hall–Kier alpha value is -1.60. The highest BCUT2D eigenvalue weighted by atomic mass is 32.2. The van der Waals surface area contributed by atoms with Crippen molar-refractivity contribution in [1.29, 1.82) is 0 Å². The van der Waals surface area contributed by atoms with E-state index in [2.05, 4.69) is 5.32 Å². The maximum Gasteiger partial charge on any atom is 0.243 e. The van der Waals surface area contributed by atoms with E-state index in [4.69, 9.17) is 0 Å². The highest BCUT2D eigenvalue weighted by Gasteiger charge is 2.25. The van der Waals surface area contributed by atoms with Crippen LogP contribution in [-0.4, -0.2) is 56.3 Å². The van der Waals surface area contributed by atoms with Crippen LogP contribution in [0, 0.1) is 0 Å². The first-order valence-corrected chi connectivity index (χ1v) is 12.0. The van der Waals surface area contributed by atoms with Crippen molar-refractivity contribution in [2.24, 2.45) is 0 Å². The summed E-state index contributed by atoms with van der Waals surface area (Å²) >= 11 is 0. The first-order chi connectivity index (χ1) is 13.5. The Bertz CT molecular complexity index is 752. The summed E-state index contributed by atoms with van der Waals surface area (Å²) in [6.07, 6.45) is 9.79. The number of nitrogens with zero attached hydrogens (tertiary/aromatic N) is 2. The van der Waals surface area contributed by atoms with Crippen molar-refractivity contribution in [2.45, 2.75) is 68.7 Å². The molecule has 0 aromatic heterocycles. The second kappa shape index (κ2) is 9.74. The summed E-state index contributed by atoms with van der Waals surface area (Å²) < 4.78 is 27.5. The van der Waals surface area contributed by atoms with Gasteiger partial charge in [0.2, 0.25) is 15.9 Å². The van der Waals surface area contributed by atoms with E-state index >= 15 is 0 Å². The molecule has 156 valence electrons. The minimum absolute atomic E-state index is 0.0488. The van der Waals surface area contributed by atoms with E-state index in [0.717, 1.165) is 38.5 Å². The molecule has 0 atom stereocenters. The summed E-state index contributed by atoms with van der Waals surface area (Å²) in [5, 5.41) is 3.12. The highest BCUT2D eigenvalue weighted by Crippen LogP contribution is 2.24. The zero-order chi connectivity index (χ0) is 20.0. The van der Waals surface area contributed by atoms with Gasteiger partial charge in [0, 0.05) is 31.9 Å². The minimum Gasteiger partial charge on any atom is -0.376 e. The van der Waals surface area contributed by atoms with E-state index in [9.17, 15) is 13.2 Å². The average molecular weight is 408 g/mol. The fourth-order valence-corrected chi connectivity index (χ4v) is 5.74. The molecule has 1 aliphatic carbocycles. The summed E-state index contributed by atoms with van der Waals surface area (Å²) in [5.74, 6) is 0.0488. The van der Waals surface area contributed by atoms with Gasteiger partial charge in [0.05, 0.1) is 11.4 Å². The van der Waals surface area contributed by atoms with E-state index in [-0.39, 0.29) is 12.5 Å². The Labute approximate surface area is 169 Å². The van der Waals surface area contributed by atoms with Gasteiger partial charge in [-0.25, -0.2) is 8.42 Å². The van der Waals surface area contributed by atoms with Gasteiger partial charge in [-0.05, 0) is 43.9 Å². The number of likely N-dealkylation sites (N-methyl/N-ethyl adjacent to an activating group) is 1. The van der Waals surface area contributed by atoms with Gasteiger partial charge >= 0.3 is 0 Å². The first-order valence-electron chi connectivity index (χ1n) is 10.6. The van der Waals surface area contributed by atoms with Crippen molar-refractivity contribution >= 4 is 21.6 Å². The van der Waals surface area contributed by atoms with E-state index in [0.29, 0.717) is 29.7 Å². The van der Waals surface area contributed by atoms with Crippen LogP contribution in [0.15, 0.2) is 29.2 Å². The minimum atomic E-state index is -3.48. The lowest BCUT2D eigenvalue weighted by atomic mass is 9.94. The van der Waals surface area contributed by atoms with Crippen molar-refractivity contribution in [3.63, 3.8) is 0 Å². The Morgan fingerprint density at radius 2 is 1.71 bits per heavy atom. The van der Waals surface area contributed by atoms with Crippen LogP contribution < -0.4 is 5.32 Å². The molecule has 28 heavy (non-hydrogen) atoms. The third-order valence-electron chi connectivity index (χ3n) is 6.00. The van der Waals surface area contributed by atoms with Crippen LogP contribution in [0.25, 0.3) is 0 Å². The van der Waals surface area contributed by atoms with Gasteiger partial charge in [0.1, 0.15) is 0 Å². The van der Waals surface area contributed by atoms with Gasteiger partial charge in [0.25, 0.3) is 0 Å². The average Bonchev–Trinajstić information content (AvgIpc) is 3.02. The highest BCUT2D eigenvalue weighted by molar-refractivity contribution is 7.89. The predicted molar refractivity (Wildman–Crippen MR) is 112 cm³/mol. The topological polar surface area (TPSA) is 69.7 Å². The fourth-order valence-electron chi connectivity index (χ4n) is 4.17. The second-order valence-corrected chi connectivity index (χ2v) is 9.93. The SMILES string of the molecule is CN(C(=O)CNc1cccc(S(=O)(=O)N2CCCCCC2)c1)C1CCCCC1. The standard InChI is InChI=1S/C21H33N3O3S/c1-23(19-11-5-4-6-12-19)21(25)17-22-18-10-9-13-20(16-18)28(26,27)24-14-7-2-3-8-15-24/h9-10,13,16,19,22H,2-8,11-12,14-15,17H2,1H3. The number of amides is 1. The predicted octanol–water partition coefficient (Wildman–Crippen LogP) is 3.45. The molecule has 1 saturated heterocycles. The molecule has 0 radical (unpaired) electrons. The molecule has 1 saturated carbocycles. The van der Waals surface area contributed by atoms with Gasteiger partial charge < -0.3 is 10.2 Å². The lowest BCUT2D eigenvalue weighted by molar-refractivity contribution is -0.130. The largest absolute Gasteiger partial charge is 0.376 e. The van der Waals surface area contributed by atoms with Crippen molar-refractivity contribution in [3.8, 4) is 0 Å². The summed E-state index contributed by atoms with van der Waals surface area (Å²) in [7, 11) is -1.61. The van der Waals surface area contributed by atoms with Crippen LogP contribution in [0.4, 0.5) is 5.69 Å². The molecule has 1 heterocycles. The van der Waals surface area contributed by atoms with Crippen molar-refractivity contribution in [1.82, 2.24) is 9.21 Å². The second-order valence-electron chi connectivity index (χ2n) is 8.00. The van der Waals surface area contributed by atoms with Crippen LogP contribution in [0.5, 0.6) is 0 Å². The summed E-state index contributed by atoms with van der Waals surface area (Å²) in [5.41, 5.74) is 0.668. The van der Waals surface area contributed by atoms with Crippen molar-refractivity contribution < 1.29 is 13.2 Å². The van der Waals surface area contributed by atoms with Crippen LogP contribution >= 0.6 is 0 Å². The molecule has 1 aromatic carbocycles. The first kappa shape index (κ1) is 21.1. The number of anilines is 1. The Balaban J connectivity index is 1.62. The normalized spacial score (nSPS) is 19.8. The number of benzene rings is 1. The van der Waals surface area contributed by atoms with Gasteiger partial charge in [-0.3, -0.25) is 4.79 Å². The fraction of sp³-hybridized carbons (Fsp3) is 0.667. The van der Waals surface area contributed by atoms with Gasteiger partial charge in [-0.2, -0.15) is 4.31 Å². The maximum atomic E-state index is 13.0. The summed E-state index contributed by atoms with van der Waals surface area (Å²) in [4.78, 5) is 14.7. The van der Waals surface area contributed by atoms with Gasteiger partial charge in [0.15, 0.2) is 0 Å². The number of rotatable bonds is 6. The van der Waals surface area contributed by atoms with E-state index < -0.39 is 10.0 Å². The molecule has 2 aliphatic rings. The lowest BCUT2D eigenvalue weighted by Crippen LogP contribution is -2.41. The van der Waals surface area contributed by atoms with Crippen LogP contribution in [0.3, 0.4) is 0 Å². The third-order valence-corrected chi connectivity index (χ3v) is 7.89. The lowest BCUT2D eigenvalue weighted by Gasteiger charge is -2.31. The van der Waals surface area contributed by atoms with Crippen molar-refractivity contribution in [2.75, 3.05) is 32.0 Å². The van der Waals surface area contributed by atoms with Gasteiger partial charge in [-0.15, -0.1) is 0 Å². The number of carbonyl (C=O) groups is 1. The summed E-state index contributed by atoms with van der Waals surface area (Å²) in [6, 6.07) is 7.17. The molecule has 1 aromatic rings. The molecule has 1 aliphatic heterocycles. The summed E-state index contributed by atoms with van der Waals surface area (Å²) in [6.45, 7) is 1.36. The zero-order valence-electron chi connectivity index (χ0n) is 16.9. The molecule has 1 amide bonds. The van der Waals surface area contributed by atoms with E-state index in [1.807, 2.05) is 18.0 Å². The molecular formula is C21H33N3O3S. The molecule has 7 heteroatoms. The molecule has 3 rings (SSSR count). The molecule has 0 bridgehead atoms. The van der Waals surface area contributed by atoms with E-state index in [1.54, 1.807) is 22.5 Å². The molecule has 2 fully saturated rings. The Morgan fingerprint density at radius 1 is 1.07 bits per heavy atom. The Morgan fingerprint density at radius 3 is 2.39 bits per heavy atom. The number of nitrogens with one attached hydrogen (secondary N) is 1. The molecule has 1 N–H and O–H groups in total. The smallest absolute Gasteiger partial charge is 0.243 e. The van der Waals surface area contributed by atoms with Crippen molar-refractivity contribution in [3.05, 3.63) is 24.3 Å². The zero-order valence-corrected chi connectivity index (χ0v) is 17.7. The number of hydrogen-bond acceptors (Lipinski definition) is 4. The molecular weight excluding hydrogens is 374 g/mol. The number of sulfonamides is 1. The van der Waals surface area contributed by atoms with Crippen LogP contribution in [0.1, 0.15) is 57.8 Å². The molecule has 0 spiro atoms. The van der Waals surface area contributed by atoms with E-state index in [1.165, 1.54) is 19.3 Å². The monoisotopic (exact) mass is 407 g/mol. The number of hydrogen-bond donors (Lipinski definition) is 1. The number of carbonyl (C=O) groups excluding carboxylic acids is 1. The third kappa shape index (κ3) is 5.26. The maximum absolute atomic E-state index is 13.0. The van der Waals surface area contributed by atoms with Crippen LogP contribution in [0.2, 0.25) is 0 Å². The quantitative estimate of drug-likeness (QED) is 0.784. The molecule has 0 unspecified atom stereocenters. The molecule has 6 nitrogen and oxygen atoms in total. The van der Waals surface area contributed by atoms with Crippen LogP contribution in [-0.2, 0) is 14.8 Å². The van der Waals surface area contributed by atoms with Gasteiger partial charge in [-0.1, -0.05) is 38.2 Å².